The van der Waals surface area contributed by atoms with Gasteiger partial charge in [-0.1, -0.05) is 6.92 Å². The summed E-state index contributed by atoms with van der Waals surface area (Å²) < 4.78 is 39.1. The predicted octanol–water partition coefficient (Wildman–Crippen LogP) is 3.07. The van der Waals surface area contributed by atoms with Crippen molar-refractivity contribution in [1.82, 2.24) is 0 Å². The number of hydrogen-bond acceptors (Lipinski definition) is 1. The molecule has 0 aliphatic carbocycles. The van der Waals surface area contributed by atoms with Gasteiger partial charge >= 0.3 is 5.97 Å². The lowest BCUT2D eigenvalue weighted by atomic mass is 9.95. The van der Waals surface area contributed by atoms with Gasteiger partial charge < -0.3 is 5.11 Å². The lowest BCUT2D eigenvalue weighted by Gasteiger charge is -2.12. The first kappa shape index (κ1) is 12.5. The molecule has 0 aliphatic rings. The molecule has 1 unspecified atom stereocenters. The van der Waals surface area contributed by atoms with Crippen LogP contribution in [0, 0.1) is 17.5 Å². The van der Waals surface area contributed by atoms with Crippen LogP contribution in [0.2, 0.25) is 0 Å². The van der Waals surface area contributed by atoms with E-state index in [1.54, 1.807) is 0 Å². The maximum absolute atomic E-state index is 13.3. The standard InChI is InChI=1S/C11H11F3O2/c1-6(2-3-10(15)16)11-8(13)4-7(12)5-9(11)14/h4-6H,2-3H2,1H3,(H,15,16). The smallest absolute Gasteiger partial charge is 0.303 e. The Morgan fingerprint density at radius 2 is 1.81 bits per heavy atom. The molecule has 0 heterocycles. The van der Waals surface area contributed by atoms with E-state index in [4.69, 9.17) is 5.11 Å². The molecule has 0 spiro atoms. The maximum atomic E-state index is 13.3. The molecule has 16 heavy (non-hydrogen) atoms. The first-order valence-electron chi connectivity index (χ1n) is 4.78. The lowest BCUT2D eigenvalue weighted by Crippen LogP contribution is -2.05. The van der Waals surface area contributed by atoms with Crippen molar-refractivity contribution in [2.24, 2.45) is 0 Å². The van der Waals surface area contributed by atoms with Crippen molar-refractivity contribution in [3.63, 3.8) is 0 Å². The van der Waals surface area contributed by atoms with Crippen LogP contribution in [0.5, 0.6) is 0 Å². The Kier molecular flexibility index (Phi) is 3.93. The highest BCUT2D eigenvalue weighted by molar-refractivity contribution is 5.66. The molecule has 0 fully saturated rings. The van der Waals surface area contributed by atoms with E-state index in [-0.39, 0.29) is 18.4 Å². The van der Waals surface area contributed by atoms with Gasteiger partial charge in [0.05, 0.1) is 0 Å². The topological polar surface area (TPSA) is 37.3 Å². The molecule has 1 rings (SSSR count). The Balaban J connectivity index is 2.90. The summed E-state index contributed by atoms with van der Waals surface area (Å²) in [7, 11) is 0. The van der Waals surface area contributed by atoms with E-state index in [0.29, 0.717) is 12.1 Å². The Labute approximate surface area is 90.7 Å². The number of aliphatic carboxylic acids is 1. The van der Waals surface area contributed by atoms with E-state index in [2.05, 4.69) is 0 Å². The fourth-order valence-corrected chi connectivity index (χ4v) is 1.51. The normalized spacial score (nSPS) is 12.5. The molecule has 88 valence electrons. The summed E-state index contributed by atoms with van der Waals surface area (Å²) in [4.78, 5) is 10.3. The summed E-state index contributed by atoms with van der Waals surface area (Å²) in [6.07, 6.45) is -0.0772. The molecule has 0 radical (unpaired) electrons. The van der Waals surface area contributed by atoms with Crippen molar-refractivity contribution >= 4 is 5.97 Å². The van der Waals surface area contributed by atoms with Crippen molar-refractivity contribution in [2.75, 3.05) is 0 Å². The number of halogens is 3. The summed E-state index contributed by atoms with van der Waals surface area (Å²) in [5, 5.41) is 8.44. The van der Waals surface area contributed by atoms with Crippen LogP contribution in [0.25, 0.3) is 0 Å². The van der Waals surface area contributed by atoms with Gasteiger partial charge in [-0.2, -0.15) is 0 Å². The molecular formula is C11H11F3O2. The number of carboxylic acids is 1. The van der Waals surface area contributed by atoms with Crippen molar-refractivity contribution < 1.29 is 23.1 Å². The fraction of sp³-hybridized carbons (Fsp3) is 0.364. The Morgan fingerprint density at radius 1 is 1.31 bits per heavy atom. The van der Waals surface area contributed by atoms with Crippen LogP contribution in [0.3, 0.4) is 0 Å². The zero-order valence-electron chi connectivity index (χ0n) is 8.64. The predicted molar refractivity (Wildman–Crippen MR) is 51.6 cm³/mol. The molecular weight excluding hydrogens is 221 g/mol. The van der Waals surface area contributed by atoms with E-state index in [1.807, 2.05) is 0 Å². The first-order chi connectivity index (χ1) is 7.41. The summed E-state index contributed by atoms with van der Waals surface area (Å²) in [5.41, 5.74) is -0.261. The number of rotatable bonds is 4. The van der Waals surface area contributed by atoms with Gasteiger partial charge in [0.25, 0.3) is 0 Å². The van der Waals surface area contributed by atoms with Crippen LogP contribution in [-0.4, -0.2) is 11.1 Å². The fourth-order valence-electron chi connectivity index (χ4n) is 1.51. The second-order valence-electron chi connectivity index (χ2n) is 3.62. The number of benzene rings is 1. The summed E-state index contributed by atoms with van der Waals surface area (Å²) in [6.45, 7) is 1.50. The highest BCUT2D eigenvalue weighted by Crippen LogP contribution is 2.26. The molecule has 1 atom stereocenters. The second kappa shape index (κ2) is 5.01. The molecule has 0 bridgehead atoms. The molecule has 1 aromatic rings. The van der Waals surface area contributed by atoms with Gasteiger partial charge in [-0.25, -0.2) is 13.2 Å². The van der Waals surface area contributed by atoms with Crippen LogP contribution in [-0.2, 0) is 4.79 Å². The third kappa shape index (κ3) is 2.98. The average Bonchev–Trinajstić information content (AvgIpc) is 2.12. The Morgan fingerprint density at radius 3 is 2.25 bits per heavy atom. The minimum absolute atomic E-state index is 0.106. The average molecular weight is 232 g/mol. The zero-order chi connectivity index (χ0) is 12.3. The lowest BCUT2D eigenvalue weighted by molar-refractivity contribution is -0.137. The largest absolute Gasteiger partial charge is 0.481 e. The summed E-state index contributed by atoms with van der Waals surface area (Å²) in [5.74, 6) is -4.57. The van der Waals surface area contributed by atoms with Crippen LogP contribution in [0.4, 0.5) is 13.2 Å². The van der Waals surface area contributed by atoms with Gasteiger partial charge in [-0.05, 0) is 12.3 Å². The SMILES string of the molecule is CC(CCC(=O)O)c1c(F)cc(F)cc1F. The molecule has 0 aliphatic heterocycles. The molecule has 0 aromatic heterocycles. The zero-order valence-corrected chi connectivity index (χ0v) is 8.64. The molecule has 0 amide bonds. The molecule has 1 aromatic carbocycles. The molecule has 0 saturated heterocycles. The summed E-state index contributed by atoms with van der Waals surface area (Å²) in [6, 6.07) is 1.19. The van der Waals surface area contributed by atoms with Gasteiger partial charge in [0.2, 0.25) is 0 Å². The van der Waals surface area contributed by atoms with Crippen LogP contribution in [0.15, 0.2) is 12.1 Å². The Bertz CT molecular complexity index is 381. The highest BCUT2D eigenvalue weighted by atomic mass is 19.1. The van der Waals surface area contributed by atoms with Crippen molar-refractivity contribution in [3.05, 3.63) is 35.1 Å². The molecule has 1 N–H and O–H groups in total. The number of carboxylic acid groups (broad SMARTS) is 1. The first-order valence-corrected chi connectivity index (χ1v) is 4.78. The third-order valence-corrected chi connectivity index (χ3v) is 2.33. The van der Waals surface area contributed by atoms with Gasteiger partial charge in [-0.15, -0.1) is 0 Å². The highest BCUT2D eigenvalue weighted by Gasteiger charge is 2.18. The molecule has 5 heteroatoms. The van der Waals surface area contributed by atoms with Crippen molar-refractivity contribution in [1.29, 1.82) is 0 Å². The minimum Gasteiger partial charge on any atom is -0.481 e. The van der Waals surface area contributed by atoms with Gasteiger partial charge in [-0.3, -0.25) is 4.79 Å². The quantitative estimate of drug-likeness (QED) is 0.866. The van der Waals surface area contributed by atoms with Gasteiger partial charge in [0, 0.05) is 24.1 Å². The monoisotopic (exact) mass is 232 g/mol. The number of carbonyl (C=O) groups is 1. The second-order valence-corrected chi connectivity index (χ2v) is 3.62. The van der Waals surface area contributed by atoms with E-state index >= 15 is 0 Å². The van der Waals surface area contributed by atoms with Crippen LogP contribution < -0.4 is 0 Å². The maximum Gasteiger partial charge on any atom is 0.303 e. The van der Waals surface area contributed by atoms with Crippen molar-refractivity contribution in [3.8, 4) is 0 Å². The molecule has 2 nitrogen and oxygen atoms in total. The van der Waals surface area contributed by atoms with Crippen LogP contribution in [0.1, 0.15) is 31.2 Å². The molecule has 0 saturated carbocycles. The summed E-state index contributed by atoms with van der Waals surface area (Å²) >= 11 is 0. The van der Waals surface area contributed by atoms with E-state index in [0.717, 1.165) is 0 Å². The van der Waals surface area contributed by atoms with E-state index in [9.17, 15) is 18.0 Å². The van der Waals surface area contributed by atoms with Gasteiger partial charge in [0.15, 0.2) is 0 Å². The van der Waals surface area contributed by atoms with Crippen molar-refractivity contribution in [2.45, 2.75) is 25.7 Å². The Hall–Kier alpha value is -1.52. The van der Waals surface area contributed by atoms with E-state index in [1.165, 1.54) is 6.92 Å². The third-order valence-electron chi connectivity index (χ3n) is 2.33. The van der Waals surface area contributed by atoms with Crippen LogP contribution >= 0.6 is 0 Å². The number of hydrogen-bond donors (Lipinski definition) is 1. The minimum atomic E-state index is -1.03. The van der Waals surface area contributed by atoms with E-state index < -0.39 is 29.3 Å². The van der Waals surface area contributed by atoms with Gasteiger partial charge in [0.1, 0.15) is 17.5 Å².